The van der Waals surface area contributed by atoms with E-state index in [4.69, 9.17) is 5.73 Å². The maximum Gasteiger partial charge on any atom is 0.0306 e. The van der Waals surface area contributed by atoms with Crippen LogP contribution in [0.1, 0.15) is 61.4 Å². The first-order valence-corrected chi connectivity index (χ1v) is 6.50. The zero-order chi connectivity index (χ0) is 11.3. The van der Waals surface area contributed by atoms with Crippen molar-refractivity contribution in [2.75, 3.05) is 0 Å². The number of nitrogens with two attached hydrogens (primary N) is 1. The molecule has 16 heavy (non-hydrogen) atoms. The van der Waals surface area contributed by atoms with E-state index in [-0.39, 0.29) is 11.5 Å². The minimum atomic E-state index is 0.261. The van der Waals surface area contributed by atoms with Crippen LogP contribution in [0.5, 0.6) is 0 Å². The molecule has 0 amide bonds. The van der Waals surface area contributed by atoms with Crippen LogP contribution < -0.4 is 5.73 Å². The van der Waals surface area contributed by atoms with E-state index in [1.54, 1.807) is 11.1 Å². The van der Waals surface area contributed by atoms with Crippen LogP contribution in [0, 0.1) is 0 Å². The number of rotatable bonds is 0. The summed E-state index contributed by atoms with van der Waals surface area (Å²) in [5.74, 6) is 0. The van der Waals surface area contributed by atoms with E-state index < -0.39 is 0 Å². The first-order chi connectivity index (χ1) is 7.58. The van der Waals surface area contributed by atoms with Gasteiger partial charge in [0, 0.05) is 6.04 Å². The maximum absolute atomic E-state index is 6.26. The first kappa shape index (κ1) is 10.3. The summed E-state index contributed by atoms with van der Waals surface area (Å²) < 4.78 is 0. The van der Waals surface area contributed by atoms with Gasteiger partial charge in [-0.15, -0.1) is 0 Å². The van der Waals surface area contributed by atoms with Crippen molar-refractivity contribution in [1.82, 2.24) is 0 Å². The van der Waals surface area contributed by atoms with Crippen LogP contribution in [-0.4, -0.2) is 0 Å². The van der Waals surface area contributed by atoms with Crippen LogP contribution in [-0.2, 0) is 18.3 Å². The van der Waals surface area contributed by atoms with Gasteiger partial charge in [0.05, 0.1) is 0 Å². The summed E-state index contributed by atoms with van der Waals surface area (Å²) in [5.41, 5.74) is 12.6. The first-order valence-electron chi connectivity index (χ1n) is 6.50. The Balaban J connectivity index is 2.16. The summed E-state index contributed by atoms with van der Waals surface area (Å²) in [6.07, 6.45) is 6.34. The maximum atomic E-state index is 6.26. The van der Waals surface area contributed by atoms with Crippen molar-refractivity contribution in [3.63, 3.8) is 0 Å². The molecule has 2 aliphatic rings. The zero-order valence-electron chi connectivity index (χ0n) is 10.3. The normalized spacial score (nSPS) is 26.3. The van der Waals surface area contributed by atoms with E-state index in [2.05, 4.69) is 26.0 Å². The van der Waals surface area contributed by atoms with Crippen molar-refractivity contribution in [2.24, 2.45) is 5.73 Å². The lowest BCUT2D eigenvalue weighted by Gasteiger charge is -2.22. The number of fused-ring (bicyclic) bond motifs is 2. The monoisotopic (exact) mass is 215 g/mol. The second-order valence-corrected chi connectivity index (χ2v) is 6.11. The predicted octanol–water partition coefficient (Wildman–Crippen LogP) is 3.25. The van der Waals surface area contributed by atoms with Gasteiger partial charge in [0.1, 0.15) is 0 Å². The molecule has 86 valence electrons. The molecule has 1 nitrogen and oxygen atoms in total. The topological polar surface area (TPSA) is 26.0 Å². The van der Waals surface area contributed by atoms with E-state index in [9.17, 15) is 0 Å². The van der Waals surface area contributed by atoms with E-state index in [0.717, 1.165) is 6.42 Å². The fourth-order valence-electron chi connectivity index (χ4n) is 3.47. The Hall–Kier alpha value is -0.820. The average Bonchev–Trinajstić information content (AvgIpc) is 2.47. The molecular weight excluding hydrogens is 194 g/mol. The Bertz CT molecular complexity index is 431. The number of benzene rings is 1. The van der Waals surface area contributed by atoms with E-state index in [1.165, 1.54) is 36.8 Å². The molecule has 0 fully saturated rings. The second kappa shape index (κ2) is 3.33. The van der Waals surface area contributed by atoms with Gasteiger partial charge in [0.25, 0.3) is 0 Å². The van der Waals surface area contributed by atoms with Gasteiger partial charge in [0.15, 0.2) is 0 Å². The molecule has 2 N–H and O–H groups in total. The van der Waals surface area contributed by atoms with Crippen molar-refractivity contribution in [3.8, 4) is 0 Å². The molecule has 2 aliphatic carbocycles. The van der Waals surface area contributed by atoms with Gasteiger partial charge in [-0.25, -0.2) is 0 Å². The van der Waals surface area contributed by atoms with Crippen LogP contribution >= 0.6 is 0 Å². The molecule has 0 heterocycles. The van der Waals surface area contributed by atoms with Crippen molar-refractivity contribution < 1.29 is 0 Å². The third kappa shape index (κ3) is 1.41. The molecule has 0 saturated heterocycles. The average molecular weight is 215 g/mol. The molecule has 1 heteroatoms. The second-order valence-electron chi connectivity index (χ2n) is 6.11. The van der Waals surface area contributed by atoms with Gasteiger partial charge < -0.3 is 5.73 Å². The third-order valence-corrected chi connectivity index (χ3v) is 4.37. The minimum absolute atomic E-state index is 0.261. The van der Waals surface area contributed by atoms with Crippen LogP contribution in [0.3, 0.4) is 0 Å². The molecule has 0 unspecified atom stereocenters. The molecule has 1 aromatic rings. The molecule has 0 spiro atoms. The molecule has 0 aliphatic heterocycles. The molecule has 0 radical (unpaired) electrons. The largest absolute Gasteiger partial charge is 0.324 e. The summed E-state index contributed by atoms with van der Waals surface area (Å²) in [5, 5.41) is 0. The number of aryl methyl sites for hydroxylation is 2. The fraction of sp³-hybridized carbons (Fsp3) is 0.600. The Morgan fingerprint density at radius 3 is 2.44 bits per heavy atom. The Labute approximate surface area is 98.0 Å². The Kier molecular flexibility index (Phi) is 2.16. The van der Waals surface area contributed by atoms with Crippen molar-refractivity contribution in [3.05, 3.63) is 34.4 Å². The summed E-state index contributed by atoms with van der Waals surface area (Å²) in [6.45, 7) is 4.65. The van der Waals surface area contributed by atoms with E-state index in [0.29, 0.717) is 0 Å². The molecule has 0 aromatic heterocycles. The van der Waals surface area contributed by atoms with Gasteiger partial charge in [-0.2, -0.15) is 0 Å². The Morgan fingerprint density at radius 2 is 1.75 bits per heavy atom. The fourth-order valence-corrected chi connectivity index (χ4v) is 3.47. The summed E-state index contributed by atoms with van der Waals surface area (Å²) in [6, 6.07) is 5.12. The number of hydrogen-bond acceptors (Lipinski definition) is 1. The zero-order valence-corrected chi connectivity index (χ0v) is 10.3. The lowest BCUT2D eigenvalue weighted by atomic mass is 9.82. The smallest absolute Gasteiger partial charge is 0.0306 e. The predicted molar refractivity (Wildman–Crippen MR) is 67.7 cm³/mol. The van der Waals surface area contributed by atoms with Crippen LogP contribution in [0.4, 0.5) is 0 Å². The highest BCUT2D eigenvalue weighted by Crippen LogP contribution is 2.45. The highest BCUT2D eigenvalue weighted by molar-refractivity contribution is 5.47. The molecular formula is C15H21N. The quantitative estimate of drug-likeness (QED) is 0.706. The lowest BCUT2D eigenvalue weighted by molar-refractivity contribution is 0.481. The van der Waals surface area contributed by atoms with Crippen LogP contribution in [0.2, 0.25) is 0 Å². The molecule has 0 saturated carbocycles. The van der Waals surface area contributed by atoms with E-state index >= 15 is 0 Å². The van der Waals surface area contributed by atoms with Gasteiger partial charge in [-0.05, 0) is 59.8 Å². The molecule has 3 rings (SSSR count). The lowest BCUT2D eigenvalue weighted by Crippen LogP contribution is -2.14. The highest BCUT2D eigenvalue weighted by Gasteiger charge is 2.35. The third-order valence-electron chi connectivity index (χ3n) is 4.37. The SMILES string of the molecule is CC1(C)C[C@@H](N)c2cc3c(cc21)CCCC3. The standard InChI is InChI=1S/C15H21N/c1-15(2)9-14(16)12-7-10-5-3-4-6-11(10)8-13(12)15/h7-8,14H,3-6,9,16H2,1-2H3/t14-/m1/s1. The van der Waals surface area contributed by atoms with Gasteiger partial charge in [0.2, 0.25) is 0 Å². The molecule has 1 atom stereocenters. The number of hydrogen-bond donors (Lipinski definition) is 1. The van der Waals surface area contributed by atoms with Crippen molar-refractivity contribution >= 4 is 0 Å². The van der Waals surface area contributed by atoms with Crippen LogP contribution in [0.15, 0.2) is 12.1 Å². The van der Waals surface area contributed by atoms with Gasteiger partial charge in [-0.1, -0.05) is 26.0 Å². The highest BCUT2D eigenvalue weighted by atomic mass is 14.7. The summed E-state index contributed by atoms with van der Waals surface area (Å²) >= 11 is 0. The molecule has 0 bridgehead atoms. The summed E-state index contributed by atoms with van der Waals surface area (Å²) in [7, 11) is 0. The van der Waals surface area contributed by atoms with Crippen molar-refractivity contribution in [2.45, 2.75) is 57.4 Å². The molecule has 1 aromatic carbocycles. The summed E-state index contributed by atoms with van der Waals surface area (Å²) in [4.78, 5) is 0. The van der Waals surface area contributed by atoms with E-state index in [1.807, 2.05) is 0 Å². The van der Waals surface area contributed by atoms with Crippen molar-refractivity contribution in [1.29, 1.82) is 0 Å². The van der Waals surface area contributed by atoms with Crippen LogP contribution in [0.25, 0.3) is 0 Å². The minimum Gasteiger partial charge on any atom is -0.324 e. The van der Waals surface area contributed by atoms with Gasteiger partial charge >= 0.3 is 0 Å². The van der Waals surface area contributed by atoms with Gasteiger partial charge in [-0.3, -0.25) is 0 Å². The Morgan fingerprint density at radius 1 is 1.12 bits per heavy atom.